The molecule has 31 heavy (non-hydrogen) atoms. The molecule has 1 aliphatic rings. The van der Waals surface area contributed by atoms with Crippen molar-refractivity contribution < 1.29 is 14.4 Å². The van der Waals surface area contributed by atoms with Gasteiger partial charge in [0.05, 0.1) is 15.8 Å². The van der Waals surface area contributed by atoms with E-state index in [-0.39, 0.29) is 22.0 Å². The smallest absolute Gasteiger partial charge is 0.203 e. The first-order chi connectivity index (χ1) is 15.0. The van der Waals surface area contributed by atoms with Gasteiger partial charge in [-0.3, -0.25) is 15.4 Å². The summed E-state index contributed by atoms with van der Waals surface area (Å²) < 4.78 is 13.6. The summed E-state index contributed by atoms with van der Waals surface area (Å²) in [4.78, 5) is 19.1. The van der Waals surface area contributed by atoms with Crippen LogP contribution in [0.5, 0.6) is 0 Å². The molecule has 0 saturated carbocycles. The van der Waals surface area contributed by atoms with Crippen LogP contribution in [0.2, 0.25) is 0 Å². The van der Waals surface area contributed by atoms with E-state index < -0.39 is 5.82 Å². The number of nitrogens with zero attached hydrogens (tertiary/aromatic N) is 4. The zero-order valence-electron chi connectivity index (χ0n) is 16.4. The lowest BCUT2D eigenvalue weighted by atomic mass is 9.91. The highest BCUT2D eigenvalue weighted by Gasteiger charge is 2.28. The second-order valence-electron chi connectivity index (χ2n) is 6.89. The van der Waals surface area contributed by atoms with Crippen molar-refractivity contribution >= 4 is 50.9 Å². The van der Waals surface area contributed by atoms with Crippen molar-refractivity contribution in [3.63, 3.8) is 0 Å². The van der Waals surface area contributed by atoms with E-state index in [0.29, 0.717) is 37.3 Å². The Bertz CT molecular complexity index is 984. The minimum absolute atomic E-state index is 0.174. The number of aliphatic imine (C=N–C) groups is 1. The molecule has 162 valence electrons. The number of Topliss-reactive ketones (excluding diaryl/α,β-unsaturated/α-hetero) is 1. The van der Waals surface area contributed by atoms with Crippen LogP contribution in [0.4, 0.5) is 21.5 Å². The van der Waals surface area contributed by atoms with Gasteiger partial charge in [0.2, 0.25) is 5.78 Å². The van der Waals surface area contributed by atoms with Crippen molar-refractivity contribution in [1.29, 1.82) is 10.9 Å². The molecule has 2 aromatic carbocycles. The Kier molecular flexibility index (Phi) is 7.42. The molecular weight excluding hydrogens is 469 g/mol. The van der Waals surface area contributed by atoms with Crippen molar-refractivity contribution in [2.24, 2.45) is 16.1 Å². The number of carbonyl (C=O) groups excluding carboxylic acids is 1. The Labute approximate surface area is 186 Å². The highest BCUT2D eigenvalue weighted by molar-refractivity contribution is 9.10. The first kappa shape index (κ1) is 22.5. The summed E-state index contributed by atoms with van der Waals surface area (Å²) in [6.07, 6.45) is 2.13. The van der Waals surface area contributed by atoms with E-state index in [1.807, 2.05) is 17.6 Å². The predicted molar refractivity (Wildman–Crippen MR) is 119 cm³/mol. The molecule has 1 aliphatic heterocycles. The number of hydrogen-bond acceptors (Lipinski definition) is 7. The summed E-state index contributed by atoms with van der Waals surface area (Å²) in [7, 11) is 0. The van der Waals surface area contributed by atoms with Crippen LogP contribution in [0.25, 0.3) is 0 Å². The van der Waals surface area contributed by atoms with Gasteiger partial charge >= 0.3 is 0 Å². The Hall–Kier alpha value is -3.18. The van der Waals surface area contributed by atoms with Gasteiger partial charge in [-0.1, -0.05) is 5.22 Å². The van der Waals surface area contributed by atoms with Crippen LogP contribution in [-0.4, -0.2) is 36.3 Å². The molecule has 0 aliphatic carbocycles. The lowest BCUT2D eigenvalue weighted by Crippen LogP contribution is -2.41. The van der Waals surface area contributed by atoms with Gasteiger partial charge in [-0.15, -0.1) is 0 Å². The van der Waals surface area contributed by atoms with Gasteiger partial charge in [-0.05, 0) is 71.2 Å². The molecule has 0 atom stereocenters. The van der Waals surface area contributed by atoms with Crippen molar-refractivity contribution in [2.75, 3.05) is 23.0 Å². The number of anilines is 2. The minimum atomic E-state index is -0.441. The number of amidine groups is 1. The van der Waals surface area contributed by atoms with E-state index in [9.17, 15) is 14.4 Å². The number of hydrogen-bond donors (Lipinski definition) is 4. The largest absolute Gasteiger partial charge is 0.371 e. The summed E-state index contributed by atoms with van der Waals surface area (Å²) in [5, 5.41) is 21.0. The molecule has 0 amide bonds. The average Bonchev–Trinajstić information content (AvgIpc) is 2.81. The maximum absolute atomic E-state index is 13.4. The van der Waals surface area contributed by atoms with Gasteiger partial charge in [0.25, 0.3) is 0 Å². The monoisotopic (exact) mass is 489 g/mol. The first-order valence-electron chi connectivity index (χ1n) is 9.47. The van der Waals surface area contributed by atoms with Crippen LogP contribution in [0.1, 0.15) is 12.8 Å². The van der Waals surface area contributed by atoms with Gasteiger partial charge in [-0.2, -0.15) is 5.53 Å². The first-order valence-corrected chi connectivity index (χ1v) is 10.3. The third-order valence-electron chi connectivity index (χ3n) is 5.06. The third kappa shape index (κ3) is 5.30. The molecule has 2 aromatic rings. The van der Waals surface area contributed by atoms with Crippen molar-refractivity contribution in [3.8, 4) is 0 Å². The van der Waals surface area contributed by atoms with E-state index in [1.54, 1.807) is 12.1 Å². The molecule has 0 radical (unpaired) electrons. The summed E-state index contributed by atoms with van der Waals surface area (Å²) in [6, 6.07) is 11.4. The Morgan fingerprint density at radius 3 is 2.48 bits per heavy atom. The minimum Gasteiger partial charge on any atom is -0.371 e. The highest BCUT2D eigenvalue weighted by atomic mass is 79.9. The molecule has 4 N–H and O–H groups in total. The number of rotatable bonds is 7. The Morgan fingerprint density at radius 1 is 1.26 bits per heavy atom. The molecule has 3 rings (SSSR count). The van der Waals surface area contributed by atoms with Gasteiger partial charge in [0, 0.05) is 24.7 Å². The number of benzene rings is 2. The Balaban J connectivity index is 1.64. The van der Waals surface area contributed by atoms with Crippen molar-refractivity contribution in [2.45, 2.75) is 12.8 Å². The van der Waals surface area contributed by atoms with Crippen molar-refractivity contribution in [3.05, 3.63) is 52.8 Å². The van der Waals surface area contributed by atoms with E-state index in [4.69, 9.17) is 10.9 Å². The SMILES string of the molecule is N=CN(N=N)c1ccc(N2CCC(C(=O)C(=Nc3ccc(F)c(Br)c3)NO)CC2)cc1. The summed E-state index contributed by atoms with van der Waals surface area (Å²) >= 11 is 3.07. The predicted octanol–water partition coefficient (Wildman–Crippen LogP) is 4.44. The molecule has 9 nitrogen and oxygen atoms in total. The maximum Gasteiger partial charge on any atom is 0.203 e. The molecule has 0 spiro atoms. The van der Waals surface area contributed by atoms with Gasteiger partial charge in [-0.25, -0.2) is 19.9 Å². The van der Waals surface area contributed by atoms with E-state index in [1.165, 1.54) is 18.2 Å². The second kappa shape index (κ2) is 10.2. The summed E-state index contributed by atoms with van der Waals surface area (Å²) in [6.45, 7) is 1.29. The van der Waals surface area contributed by atoms with Gasteiger partial charge < -0.3 is 4.90 Å². The fourth-order valence-corrected chi connectivity index (χ4v) is 3.76. The number of ketones is 1. The highest BCUT2D eigenvalue weighted by Crippen LogP contribution is 2.27. The zero-order chi connectivity index (χ0) is 22.4. The number of halogens is 2. The van der Waals surface area contributed by atoms with E-state index >= 15 is 0 Å². The quantitative estimate of drug-likeness (QED) is 0.197. The summed E-state index contributed by atoms with van der Waals surface area (Å²) in [5.41, 5.74) is 10.9. The van der Waals surface area contributed by atoms with Crippen LogP contribution in [0.15, 0.2) is 57.2 Å². The fraction of sp³-hybridized carbons (Fsp3) is 0.250. The number of carbonyl (C=O) groups is 1. The number of piperidine rings is 1. The van der Waals surface area contributed by atoms with Crippen molar-refractivity contribution in [1.82, 2.24) is 5.48 Å². The number of hydroxylamine groups is 1. The van der Waals surface area contributed by atoms with Crippen LogP contribution < -0.4 is 15.4 Å². The average molecular weight is 490 g/mol. The van der Waals surface area contributed by atoms with Crippen LogP contribution in [0.3, 0.4) is 0 Å². The van der Waals surface area contributed by atoms with E-state index in [2.05, 4.69) is 31.0 Å². The molecule has 0 aromatic heterocycles. The second-order valence-corrected chi connectivity index (χ2v) is 7.74. The zero-order valence-corrected chi connectivity index (χ0v) is 18.0. The fourth-order valence-electron chi connectivity index (χ4n) is 3.39. The lowest BCUT2D eigenvalue weighted by Gasteiger charge is -2.33. The van der Waals surface area contributed by atoms with Crippen LogP contribution in [0, 0.1) is 22.7 Å². The van der Waals surface area contributed by atoms with E-state index in [0.717, 1.165) is 17.0 Å². The molecule has 1 fully saturated rings. The van der Waals surface area contributed by atoms with Crippen LogP contribution in [-0.2, 0) is 4.79 Å². The third-order valence-corrected chi connectivity index (χ3v) is 5.67. The summed E-state index contributed by atoms with van der Waals surface area (Å²) in [5.74, 6) is -1.21. The number of nitrogens with one attached hydrogen (secondary N) is 3. The molecular formula is C20H21BrFN7O2. The molecule has 1 saturated heterocycles. The standard InChI is InChI=1S/C20H21BrFN7O2/c21-17-11-14(1-6-18(17)22)25-20(26-31)19(30)13-7-9-28(10-8-13)15-2-4-16(5-3-15)29(12-23)27-24/h1-6,11-13,23-24,31H,7-10H2,(H,25,26). The molecule has 1 heterocycles. The normalized spacial score (nSPS) is 14.8. The molecule has 0 unspecified atom stereocenters. The molecule has 0 bridgehead atoms. The van der Waals surface area contributed by atoms with Gasteiger partial charge in [0.15, 0.2) is 5.84 Å². The van der Waals surface area contributed by atoms with Crippen LogP contribution >= 0.6 is 15.9 Å². The topological polar surface area (TPSA) is 128 Å². The lowest BCUT2D eigenvalue weighted by molar-refractivity contribution is -0.117. The van der Waals surface area contributed by atoms with Gasteiger partial charge in [0.1, 0.15) is 12.2 Å². The maximum atomic E-state index is 13.4. The Morgan fingerprint density at radius 2 is 1.94 bits per heavy atom. The molecule has 11 heteroatoms.